The van der Waals surface area contributed by atoms with Gasteiger partial charge in [0.2, 0.25) is 18.2 Å². The van der Waals surface area contributed by atoms with Gasteiger partial charge in [-0.1, -0.05) is 81.5 Å². The van der Waals surface area contributed by atoms with Crippen LogP contribution in [-0.4, -0.2) is 66.9 Å². The molecule has 1 aromatic rings. The lowest BCUT2D eigenvalue weighted by molar-refractivity contribution is -0.134. The molecule has 0 spiro atoms. The van der Waals surface area contributed by atoms with Crippen molar-refractivity contribution in [3.05, 3.63) is 71.8 Å². The maximum absolute atomic E-state index is 13.0. The molecule has 0 heterocycles. The first kappa shape index (κ1) is 38.8. The molecule has 0 bridgehead atoms. The van der Waals surface area contributed by atoms with Crippen molar-refractivity contribution in [1.29, 1.82) is 0 Å². The monoisotopic (exact) mass is 609 g/mol. The Morgan fingerprint density at radius 1 is 0.977 bits per heavy atom. The van der Waals surface area contributed by atoms with Gasteiger partial charge in [-0.2, -0.15) is 0 Å². The second-order valence-electron chi connectivity index (χ2n) is 11.7. The Morgan fingerprint density at radius 2 is 1.66 bits per heavy atom. The summed E-state index contributed by atoms with van der Waals surface area (Å²) in [5.41, 5.74) is 9.72. The predicted molar refractivity (Wildman–Crippen MR) is 183 cm³/mol. The molecule has 0 saturated carbocycles. The summed E-state index contributed by atoms with van der Waals surface area (Å²) in [4.78, 5) is 39.9. The lowest BCUT2D eigenvalue weighted by Crippen LogP contribution is -2.50. The van der Waals surface area contributed by atoms with E-state index in [0.29, 0.717) is 13.0 Å². The summed E-state index contributed by atoms with van der Waals surface area (Å²) < 4.78 is 0. The minimum absolute atomic E-state index is 0.0851. The van der Waals surface area contributed by atoms with Crippen LogP contribution in [-0.2, 0) is 27.2 Å². The molecule has 1 rings (SSSR count). The van der Waals surface area contributed by atoms with Crippen LogP contribution >= 0.6 is 0 Å². The molecule has 0 radical (unpaired) electrons. The van der Waals surface area contributed by atoms with E-state index in [1.165, 1.54) is 11.1 Å². The summed E-state index contributed by atoms with van der Waals surface area (Å²) in [6, 6.07) is 7.06. The van der Waals surface area contributed by atoms with Crippen LogP contribution in [0.3, 0.4) is 0 Å². The predicted octanol–water partition coefficient (Wildman–Crippen LogP) is 4.84. The number of benzene rings is 1. The second kappa shape index (κ2) is 22.3. The number of carbonyl (C=O) groups is 3. The van der Waals surface area contributed by atoms with E-state index < -0.39 is 12.1 Å². The van der Waals surface area contributed by atoms with E-state index in [1.807, 2.05) is 39.0 Å². The molecule has 8 heteroatoms. The first-order valence-electron chi connectivity index (χ1n) is 16.4. The number of aryl methyl sites for hydroxylation is 1. The SMILES string of the molecule is C=C/C=C\C=C(/C)CC(N)C(=O)NC(C)C(CCNCC)CCC(CC)N(C=O)C(C)C(=O)NCCc1ccc(CC)cc1. The summed E-state index contributed by atoms with van der Waals surface area (Å²) in [5.74, 6) is -0.133. The first-order chi connectivity index (χ1) is 21.1. The molecule has 0 fully saturated rings. The largest absolute Gasteiger partial charge is 0.354 e. The fourth-order valence-corrected chi connectivity index (χ4v) is 5.38. The van der Waals surface area contributed by atoms with Crippen LogP contribution in [0, 0.1) is 5.92 Å². The van der Waals surface area contributed by atoms with Crippen molar-refractivity contribution in [1.82, 2.24) is 20.9 Å². The van der Waals surface area contributed by atoms with Gasteiger partial charge in [-0.05, 0) is 95.9 Å². The van der Waals surface area contributed by atoms with Crippen LogP contribution in [0.2, 0.25) is 0 Å². The molecule has 5 atom stereocenters. The smallest absolute Gasteiger partial charge is 0.242 e. The Hall–Kier alpha value is -3.23. The number of rotatable bonds is 23. The van der Waals surface area contributed by atoms with Crippen LogP contribution in [0.1, 0.15) is 84.8 Å². The molecule has 0 aliphatic heterocycles. The van der Waals surface area contributed by atoms with Gasteiger partial charge in [-0.25, -0.2) is 0 Å². The molecule has 3 amide bonds. The van der Waals surface area contributed by atoms with Crippen LogP contribution < -0.4 is 21.7 Å². The number of nitrogens with zero attached hydrogens (tertiary/aromatic N) is 1. The van der Waals surface area contributed by atoms with Gasteiger partial charge >= 0.3 is 0 Å². The van der Waals surface area contributed by atoms with Gasteiger partial charge in [0, 0.05) is 18.6 Å². The topological polar surface area (TPSA) is 117 Å². The number of carbonyl (C=O) groups excluding carboxylic acids is 3. The van der Waals surface area contributed by atoms with E-state index in [2.05, 4.69) is 60.6 Å². The highest BCUT2D eigenvalue weighted by Gasteiger charge is 2.28. The van der Waals surface area contributed by atoms with Gasteiger partial charge in [0.05, 0.1) is 6.04 Å². The Labute approximate surface area is 267 Å². The highest BCUT2D eigenvalue weighted by molar-refractivity contribution is 5.83. The number of hydrogen-bond acceptors (Lipinski definition) is 5. The Bertz CT molecular complexity index is 1050. The third kappa shape index (κ3) is 14.5. The molecule has 1 aromatic carbocycles. The standard InChI is InChI=1S/C36H59N5O3/c1-8-12-13-14-27(5)25-34(37)36(44)40-28(6)32(22-23-38-11-4)19-20-33(10-3)41(26-42)29(7)35(43)39-24-21-31-17-15-30(9-2)16-18-31/h8,12-18,26,28-29,32-34,38H,1,9-11,19-25,37H2,2-7H3,(H,39,43)(H,40,44)/b13-12-,27-14+. The van der Waals surface area contributed by atoms with Gasteiger partial charge < -0.3 is 26.6 Å². The number of allylic oxidation sites excluding steroid dienone is 4. The van der Waals surface area contributed by atoms with Crippen molar-refractivity contribution in [2.75, 3.05) is 19.6 Å². The molecule has 0 aromatic heterocycles. The summed E-state index contributed by atoms with van der Waals surface area (Å²) in [6.45, 7) is 17.9. The van der Waals surface area contributed by atoms with Crippen molar-refractivity contribution < 1.29 is 14.4 Å². The number of amides is 3. The van der Waals surface area contributed by atoms with Crippen LogP contribution in [0.5, 0.6) is 0 Å². The zero-order chi connectivity index (χ0) is 32.9. The molecule has 5 N–H and O–H groups in total. The molecular formula is C36H59N5O3. The Kier molecular flexibility index (Phi) is 19.7. The third-order valence-electron chi connectivity index (χ3n) is 8.38. The van der Waals surface area contributed by atoms with Crippen molar-refractivity contribution in [3.8, 4) is 0 Å². The van der Waals surface area contributed by atoms with Gasteiger partial charge in [0.25, 0.3) is 0 Å². The highest BCUT2D eigenvalue weighted by Crippen LogP contribution is 2.22. The van der Waals surface area contributed by atoms with Crippen molar-refractivity contribution in [3.63, 3.8) is 0 Å². The van der Waals surface area contributed by atoms with Crippen LogP contribution in [0.15, 0.2) is 60.7 Å². The average Bonchev–Trinajstić information content (AvgIpc) is 3.01. The minimum Gasteiger partial charge on any atom is -0.354 e. The molecule has 0 aliphatic rings. The van der Waals surface area contributed by atoms with Crippen molar-refractivity contribution in [2.45, 2.75) is 111 Å². The molecule has 246 valence electrons. The Balaban J connectivity index is 2.79. The average molecular weight is 610 g/mol. The fraction of sp³-hybridized carbons (Fsp3) is 0.583. The van der Waals surface area contributed by atoms with Crippen molar-refractivity contribution in [2.24, 2.45) is 11.7 Å². The maximum atomic E-state index is 13.0. The van der Waals surface area contributed by atoms with Gasteiger partial charge in [-0.15, -0.1) is 0 Å². The molecule has 8 nitrogen and oxygen atoms in total. The summed E-state index contributed by atoms with van der Waals surface area (Å²) in [6.07, 6.45) is 13.5. The van der Waals surface area contributed by atoms with E-state index in [4.69, 9.17) is 5.73 Å². The summed E-state index contributed by atoms with van der Waals surface area (Å²) in [5, 5.41) is 9.55. The molecule has 5 unspecified atom stereocenters. The van der Waals surface area contributed by atoms with Crippen LogP contribution in [0.4, 0.5) is 0 Å². The molecular weight excluding hydrogens is 550 g/mol. The van der Waals surface area contributed by atoms with E-state index in [-0.39, 0.29) is 29.8 Å². The second-order valence-corrected chi connectivity index (χ2v) is 11.7. The van der Waals surface area contributed by atoms with E-state index in [1.54, 1.807) is 17.9 Å². The van der Waals surface area contributed by atoms with Crippen molar-refractivity contribution >= 4 is 18.2 Å². The highest BCUT2D eigenvalue weighted by atomic mass is 16.2. The van der Waals surface area contributed by atoms with Gasteiger partial charge in [0.15, 0.2) is 0 Å². The number of hydrogen-bond donors (Lipinski definition) is 4. The zero-order valence-electron chi connectivity index (χ0n) is 28.1. The quantitative estimate of drug-likeness (QED) is 0.0805. The van der Waals surface area contributed by atoms with Gasteiger partial charge in [-0.3, -0.25) is 14.4 Å². The molecule has 44 heavy (non-hydrogen) atoms. The van der Waals surface area contributed by atoms with E-state index >= 15 is 0 Å². The number of nitrogens with two attached hydrogens (primary N) is 1. The fourth-order valence-electron chi connectivity index (χ4n) is 5.38. The van der Waals surface area contributed by atoms with Gasteiger partial charge in [0.1, 0.15) is 6.04 Å². The molecule has 0 saturated heterocycles. The normalized spacial score (nSPS) is 15.2. The minimum atomic E-state index is -0.635. The van der Waals surface area contributed by atoms with E-state index in [0.717, 1.165) is 63.6 Å². The lowest BCUT2D eigenvalue weighted by Gasteiger charge is -2.34. The third-order valence-corrected chi connectivity index (χ3v) is 8.38. The Morgan fingerprint density at radius 3 is 2.25 bits per heavy atom. The summed E-state index contributed by atoms with van der Waals surface area (Å²) in [7, 11) is 0. The zero-order valence-corrected chi connectivity index (χ0v) is 28.1. The van der Waals surface area contributed by atoms with Crippen LogP contribution in [0.25, 0.3) is 0 Å². The molecule has 0 aliphatic carbocycles. The lowest BCUT2D eigenvalue weighted by atomic mass is 9.89. The van der Waals surface area contributed by atoms with E-state index in [9.17, 15) is 14.4 Å². The number of nitrogens with one attached hydrogen (secondary N) is 3. The first-order valence-corrected chi connectivity index (χ1v) is 16.4. The maximum Gasteiger partial charge on any atom is 0.242 e. The summed E-state index contributed by atoms with van der Waals surface area (Å²) >= 11 is 0.